The minimum absolute atomic E-state index is 0.00599. The molecule has 8 aromatic carbocycles. The van der Waals surface area contributed by atoms with Gasteiger partial charge in [-0.2, -0.15) is 0 Å². The minimum atomic E-state index is -2.86. The summed E-state index contributed by atoms with van der Waals surface area (Å²) < 4.78 is 7.88. The first-order chi connectivity index (χ1) is 38.0. The molecule has 0 fully saturated rings. The van der Waals surface area contributed by atoms with Gasteiger partial charge in [0, 0.05) is 33.8 Å². The van der Waals surface area contributed by atoms with E-state index in [0.29, 0.717) is 0 Å². The molecule has 3 aliphatic carbocycles. The van der Waals surface area contributed by atoms with Gasteiger partial charge in [-0.15, -0.1) is 0 Å². The average Bonchev–Trinajstić information content (AvgIpc) is 3.88. The van der Waals surface area contributed by atoms with E-state index in [0.717, 1.165) is 43.3 Å². The van der Waals surface area contributed by atoms with Crippen LogP contribution in [0.1, 0.15) is 161 Å². The van der Waals surface area contributed by atoms with Gasteiger partial charge in [0.2, 0.25) is 0 Å². The molecule has 0 bridgehead atoms. The van der Waals surface area contributed by atoms with Crippen LogP contribution in [0.2, 0.25) is 0 Å². The molecular weight excluding hydrogens is 984 g/mol. The van der Waals surface area contributed by atoms with Gasteiger partial charge >= 0.3 is 0 Å². The first-order valence-electron chi connectivity index (χ1n) is 30.1. The topological polar surface area (TPSA) is 19.6 Å². The molecular formula is C75H77BN2OSi. The normalized spacial score (nSPS) is 20.1. The maximum absolute atomic E-state index is 7.88. The van der Waals surface area contributed by atoms with Gasteiger partial charge in [0.05, 0.1) is 11.3 Å². The lowest BCUT2D eigenvalue weighted by Crippen LogP contribution is -2.72. The Bertz CT molecular complexity index is 4080. The first kappa shape index (κ1) is 50.2. The third kappa shape index (κ3) is 6.79. The van der Waals surface area contributed by atoms with Crippen molar-refractivity contribution in [3.05, 3.63) is 197 Å². The van der Waals surface area contributed by atoms with Crippen LogP contribution in [0.15, 0.2) is 162 Å². The summed E-state index contributed by atoms with van der Waals surface area (Å²) in [6, 6.07) is 62.8. The maximum Gasteiger partial charge on any atom is 0.297 e. The van der Waals surface area contributed by atoms with Gasteiger partial charge in [0.25, 0.3) is 6.71 Å². The Hall–Kier alpha value is -6.82. The summed E-state index contributed by atoms with van der Waals surface area (Å²) in [5.74, 6) is 0. The number of nitrogens with zero attached hydrogens (tertiary/aromatic N) is 2. The van der Waals surface area contributed by atoms with Crippen molar-refractivity contribution in [1.82, 2.24) is 0 Å². The van der Waals surface area contributed by atoms with Crippen molar-refractivity contribution in [1.29, 1.82) is 0 Å². The van der Waals surface area contributed by atoms with E-state index in [2.05, 4.69) is 258 Å². The van der Waals surface area contributed by atoms with E-state index in [-0.39, 0.29) is 39.2 Å². The molecule has 1 aromatic heterocycles. The molecule has 3 aliphatic heterocycles. The number of hydrogen-bond acceptors (Lipinski definition) is 3. The van der Waals surface area contributed by atoms with Crippen LogP contribution in [0.4, 0.5) is 34.1 Å². The number of furan rings is 1. The number of rotatable bonds is 4. The zero-order chi connectivity index (χ0) is 55.4. The molecule has 0 atom stereocenters. The molecule has 6 aliphatic rings. The fourth-order valence-electron chi connectivity index (χ4n) is 16.6. The molecule has 0 amide bonds. The summed E-state index contributed by atoms with van der Waals surface area (Å²) in [7, 11) is -2.86. The van der Waals surface area contributed by atoms with E-state index in [1.165, 1.54) is 128 Å². The largest absolute Gasteiger partial charge is 0.468 e. The summed E-state index contributed by atoms with van der Waals surface area (Å²) in [6.45, 7) is 31.9. The highest BCUT2D eigenvalue weighted by Gasteiger charge is 2.53. The van der Waals surface area contributed by atoms with Gasteiger partial charge in [0.15, 0.2) is 8.07 Å². The molecule has 0 saturated heterocycles. The van der Waals surface area contributed by atoms with E-state index < -0.39 is 8.07 Å². The van der Waals surface area contributed by atoms with Crippen molar-refractivity contribution in [3.63, 3.8) is 0 Å². The highest BCUT2D eigenvalue weighted by atomic mass is 28.3. The summed E-state index contributed by atoms with van der Waals surface area (Å²) in [5, 5.41) is 6.92. The molecule has 80 heavy (non-hydrogen) atoms. The van der Waals surface area contributed by atoms with Crippen molar-refractivity contribution in [2.24, 2.45) is 0 Å². The van der Waals surface area contributed by atoms with Crippen LogP contribution in [0.5, 0.6) is 0 Å². The number of hydrogen-bond donors (Lipinski definition) is 0. The summed E-state index contributed by atoms with van der Waals surface area (Å²) >= 11 is 0. The SMILES string of the molecule is Cc1cc2c3c(c1)N(c1ccc4c(c1)[Si](c1ccccc1)(c1ccccc1)c1ccccc1-4)c1c(oc4cc5c(cc14)C(C)(C)CCC5(C)C)B3c1cc3c(cc1N2c1ccc2c(c1)C(C)(C)CCC2(C)C)C(C)(C)CCC3(C)C. The second-order valence-electron chi connectivity index (χ2n) is 29.3. The van der Waals surface area contributed by atoms with E-state index in [1.54, 1.807) is 0 Å². The maximum atomic E-state index is 7.88. The number of anilines is 6. The number of fused-ring (bicyclic) bond motifs is 12. The molecule has 9 aromatic rings. The fraction of sp³-hybridized carbons (Fsp3) is 0.333. The second kappa shape index (κ2) is 16.4. The van der Waals surface area contributed by atoms with Gasteiger partial charge in [0.1, 0.15) is 5.58 Å². The van der Waals surface area contributed by atoms with E-state index in [4.69, 9.17) is 4.42 Å². The monoisotopic (exact) mass is 1060 g/mol. The van der Waals surface area contributed by atoms with Gasteiger partial charge in [-0.3, -0.25) is 0 Å². The van der Waals surface area contributed by atoms with Crippen LogP contribution in [-0.2, 0) is 32.5 Å². The fourth-order valence-corrected chi connectivity index (χ4v) is 21.8. The van der Waals surface area contributed by atoms with Crippen molar-refractivity contribution < 1.29 is 4.42 Å². The van der Waals surface area contributed by atoms with Gasteiger partial charge in [-0.05, 0) is 214 Å². The second-order valence-corrected chi connectivity index (χ2v) is 33.0. The molecule has 0 unspecified atom stereocenters. The molecule has 400 valence electrons. The van der Waals surface area contributed by atoms with Crippen LogP contribution in [0.3, 0.4) is 0 Å². The Kier molecular flexibility index (Phi) is 10.3. The lowest BCUT2D eigenvalue weighted by Gasteiger charge is -2.47. The Morgan fingerprint density at radius 2 is 0.887 bits per heavy atom. The Labute approximate surface area is 477 Å². The molecule has 0 N–H and O–H groups in total. The van der Waals surface area contributed by atoms with Crippen molar-refractivity contribution >= 4 is 97.2 Å². The van der Waals surface area contributed by atoms with E-state index >= 15 is 0 Å². The van der Waals surface area contributed by atoms with Crippen molar-refractivity contribution in [2.45, 2.75) is 161 Å². The highest BCUT2D eigenvalue weighted by Crippen LogP contribution is 2.55. The summed E-state index contributed by atoms with van der Waals surface area (Å²) in [4.78, 5) is 5.38. The zero-order valence-electron chi connectivity index (χ0n) is 49.6. The smallest absolute Gasteiger partial charge is 0.297 e. The summed E-state index contributed by atoms with van der Waals surface area (Å²) in [6.07, 6.45) is 6.94. The molecule has 3 nitrogen and oxygen atoms in total. The number of benzene rings is 8. The van der Waals surface area contributed by atoms with E-state index in [1.807, 2.05) is 0 Å². The van der Waals surface area contributed by atoms with E-state index in [9.17, 15) is 0 Å². The minimum Gasteiger partial charge on any atom is -0.468 e. The van der Waals surface area contributed by atoms with Crippen LogP contribution >= 0.6 is 0 Å². The predicted octanol–water partition coefficient (Wildman–Crippen LogP) is 15.2. The van der Waals surface area contributed by atoms with Gasteiger partial charge in [-0.1, -0.05) is 186 Å². The molecule has 15 rings (SSSR count). The van der Waals surface area contributed by atoms with Crippen LogP contribution in [0.25, 0.3) is 22.1 Å². The molecule has 4 heterocycles. The highest BCUT2D eigenvalue weighted by molar-refractivity contribution is 7.22. The standard InChI is InChI=1S/C75H77BN2OSi/c1-46-38-62-67-63(39-46)78(48-28-30-52-51-26-20-21-27-65(51)80(66(52)41-48,49-22-16-14-17-23-49)50-24-18-15-19-25-50)68-53-42-56-59(75(12,13)37-34-72(56,6)7)45-64(53)79-69(68)76(67)60-43-57-58(74(10,11)36-35-73(57,8)9)44-61(60)77(62)47-29-31-54-55(40-47)71(4,5)33-32-70(54,2)3/h14-31,38-45H,32-37H2,1-13H3. The zero-order valence-corrected chi connectivity index (χ0v) is 50.6. The Morgan fingerprint density at radius 1 is 0.412 bits per heavy atom. The van der Waals surface area contributed by atoms with Crippen molar-refractivity contribution in [2.75, 3.05) is 9.80 Å². The quantitative estimate of drug-likeness (QED) is 0.164. The molecule has 0 saturated carbocycles. The average molecular weight is 1060 g/mol. The Morgan fingerprint density at radius 3 is 1.50 bits per heavy atom. The third-order valence-electron chi connectivity index (χ3n) is 21.5. The Balaban J connectivity index is 1.07. The lowest BCUT2D eigenvalue weighted by atomic mass is 9.35. The van der Waals surface area contributed by atoms with Crippen LogP contribution < -0.4 is 47.1 Å². The van der Waals surface area contributed by atoms with Crippen LogP contribution in [0, 0.1) is 6.92 Å². The van der Waals surface area contributed by atoms with Crippen LogP contribution in [-0.4, -0.2) is 14.8 Å². The first-order valence-corrected chi connectivity index (χ1v) is 32.1. The summed E-state index contributed by atoms with van der Waals surface area (Å²) in [5.41, 5.74) is 25.1. The molecule has 0 spiro atoms. The predicted molar refractivity (Wildman–Crippen MR) is 343 cm³/mol. The van der Waals surface area contributed by atoms with Gasteiger partial charge in [-0.25, -0.2) is 0 Å². The third-order valence-corrected chi connectivity index (χ3v) is 26.4. The molecule has 0 radical (unpaired) electrons. The molecule has 5 heteroatoms. The lowest BCUT2D eigenvalue weighted by molar-refractivity contribution is 0.332. The number of aryl methyl sites for hydroxylation is 1. The van der Waals surface area contributed by atoms with Crippen molar-refractivity contribution in [3.8, 4) is 11.1 Å². The van der Waals surface area contributed by atoms with Gasteiger partial charge < -0.3 is 14.2 Å².